The number of nitrogens with one attached hydrogen (secondary N) is 2. The lowest BCUT2D eigenvalue weighted by atomic mass is 9.98. The van der Waals surface area contributed by atoms with Gasteiger partial charge < -0.3 is 15.4 Å². The molecule has 1 unspecified atom stereocenters. The molecule has 7 heteroatoms. The number of guanidine groups is 1. The average molecular weight is 543 g/mol. The van der Waals surface area contributed by atoms with Gasteiger partial charge in [-0.1, -0.05) is 18.2 Å². The van der Waals surface area contributed by atoms with Crippen molar-refractivity contribution in [1.82, 2.24) is 15.5 Å². The average Bonchev–Trinajstić information content (AvgIpc) is 3.25. The van der Waals surface area contributed by atoms with Crippen LogP contribution >= 0.6 is 35.3 Å². The molecule has 1 aliphatic rings. The van der Waals surface area contributed by atoms with Crippen molar-refractivity contribution in [1.29, 1.82) is 0 Å². The third-order valence-electron chi connectivity index (χ3n) is 5.52. The maximum atomic E-state index is 5.42. The van der Waals surface area contributed by atoms with Crippen LogP contribution in [0.1, 0.15) is 28.8 Å². The van der Waals surface area contributed by atoms with Gasteiger partial charge in [-0.2, -0.15) is 0 Å². The fourth-order valence-electron chi connectivity index (χ4n) is 3.89. The van der Waals surface area contributed by atoms with Crippen molar-refractivity contribution in [3.8, 4) is 5.75 Å². The molecule has 2 N–H and O–H groups in total. The van der Waals surface area contributed by atoms with E-state index in [0.717, 1.165) is 44.3 Å². The minimum absolute atomic E-state index is 0. The van der Waals surface area contributed by atoms with Crippen molar-refractivity contribution in [3.63, 3.8) is 0 Å². The zero-order valence-electron chi connectivity index (χ0n) is 18.3. The first-order valence-electron chi connectivity index (χ1n) is 10.5. The van der Waals surface area contributed by atoms with E-state index in [2.05, 4.69) is 63.2 Å². The van der Waals surface area contributed by atoms with E-state index in [1.54, 1.807) is 7.11 Å². The number of nitrogens with zero attached hydrogens (tertiary/aromatic N) is 2. The molecule has 0 amide bonds. The quantitative estimate of drug-likeness (QED) is 0.297. The number of methoxy groups -OCH3 is 1. The van der Waals surface area contributed by atoms with Crippen LogP contribution in [-0.2, 0) is 13.0 Å². The summed E-state index contributed by atoms with van der Waals surface area (Å²) in [5.41, 5.74) is 2.44. The number of rotatable bonds is 8. The lowest BCUT2D eigenvalue weighted by Crippen LogP contribution is -2.44. The molecular formula is C23H35IN4OS. The summed E-state index contributed by atoms with van der Waals surface area (Å²) in [6.07, 6.45) is 3.50. The third-order valence-corrected chi connectivity index (χ3v) is 6.38. The Kier molecular flexibility index (Phi) is 11.0. The van der Waals surface area contributed by atoms with E-state index in [1.807, 2.05) is 18.4 Å². The van der Waals surface area contributed by atoms with Gasteiger partial charge in [0.25, 0.3) is 0 Å². The molecule has 0 saturated carbocycles. The number of ether oxygens (including phenoxy) is 1. The van der Waals surface area contributed by atoms with Crippen molar-refractivity contribution in [2.75, 3.05) is 40.3 Å². The van der Waals surface area contributed by atoms with E-state index in [0.29, 0.717) is 5.92 Å². The standard InChI is InChI=1S/C23H34N4OS.HI/c1-18-8-9-19(14-22(18)28-3)10-11-25-23(24-2)26-15-20-6-4-12-27(16-20)17-21-7-5-13-29-21;/h5,7-9,13-14,20H,4,6,10-12,15-17H2,1-3H3,(H2,24,25,26);1H. The molecular weight excluding hydrogens is 507 g/mol. The molecule has 30 heavy (non-hydrogen) atoms. The molecule has 0 bridgehead atoms. The second-order valence-electron chi connectivity index (χ2n) is 7.76. The minimum Gasteiger partial charge on any atom is -0.496 e. The van der Waals surface area contributed by atoms with Crippen LogP contribution in [0.3, 0.4) is 0 Å². The van der Waals surface area contributed by atoms with Gasteiger partial charge in [-0.3, -0.25) is 9.89 Å². The number of halogens is 1. The van der Waals surface area contributed by atoms with Crippen LogP contribution in [0, 0.1) is 12.8 Å². The van der Waals surface area contributed by atoms with Gasteiger partial charge in [0.05, 0.1) is 7.11 Å². The Morgan fingerprint density at radius 2 is 2.17 bits per heavy atom. The fourth-order valence-corrected chi connectivity index (χ4v) is 4.64. The summed E-state index contributed by atoms with van der Waals surface area (Å²) in [4.78, 5) is 8.44. The topological polar surface area (TPSA) is 48.9 Å². The van der Waals surface area contributed by atoms with E-state index in [1.165, 1.54) is 35.4 Å². The lowest BCUT2D eigenvalue weighted by Gasteiger charge is -2.32. The Morgan fingerprint density at radius 1 is 1.30 bits per heavy atom. The van der Waals surface area contributed by atoms with Crippen LogP contribution < -0.4 is 15.4 Å². The van der Waals surface area contributed by atoms with Gasteiger partial charge in [-0.25, -0.2) is 0 Å². The molecule has 1 aromatic heterocycles. The zero-order chi connectivity index (χ0) is 20.5. The number of benzene rings is 1. The molecule has 2 aromatic rings. The van der Waals surface area contributed by atoms with Gasteiger partial charge in [0.15, 0.2) is 5.96 Å². The molecule has 5 nitrogen and oxygen atoms in total. The SMILES string of the molecule is CN=C(NCCc1ccc(C)c(OC)c1)NCC1CCCN(Cc2cccs2)C1.I. The van der Waals surface area contributed by atoms with Crippen LogP contribution in [-0.4, -0.2) is 51.2 Å². The zero-order valence-corrected chi connectivity index (χ0v) is 21.5. The number of aryl methyl sites for hydroxylation is 1. The molecule has 0 aliphatic carbocycles. The number of piperidine rings is 1. The summed E-state index contributed by atoms with van der Waals surface area (Å²) in [5, 5.41) is 9.14. The summed E-state index contributed by atoms with van der Waals surface area (Å²) in [6.45, 7) is 7.34. The van der Waals surface area contributed by atoms with E-state index in [4.69, 9.17) is 4.74 Å². The van der Waals surface area contributed by atoms with Crippen LogP contribution in [0.15, 0.2) is 40.7 Å². The summed E-state index contributed by atoms with van der Waals surface area (Å²) in [7, 11) is 3.57. The van der Waals surface area contributed by atoms with Crippen LogP contribution in [0.4, 0.5) is 0 Å². The van der Waals surface area contributed by atoms with Gasteiger partial charge in [0.1, 0.15) is 5.75 Å². The number of hydrogen-bond donors (Lipinski definition) is 2. The van der Waals surface area contributed by atoms with E-state index >= 15 is 0 Å². The van der Waals surface area contributed by atoms with Gasteiger partial charge in [0, 0.05) is 38.1 Å². The first-order chi connectivity index (χ1) is 14.2. The van der Waals surface area contributed by atoms with Crippen molar-refractivity contribution < 1.29 is 4.74 Å². The summed E-state index contributed by atoms with van der Waals surface area (Å²) in [5.74, 6) is 2.51. The number of likely N-dealkylation sites (tertiary alicyclic amines) is 1. The lowest BCUT2D eigenvalue weighted by molar-refractivity contribution is 0.169. The summed E-state index contributed by atoms with van der Waals surface area (Å²) >= 11 is 1.86. The fraction of sp³-hybridized carbons (Fsp3) is 0.522. The van der Waals surface area contributed by atoms with Gasteiger partial charge in [-0.05, 0) is 67.3 Å². The predicted octanol–water partition coefficient (Wildman–Crippen LogP) is 4.30. The third kappa shape index (κ3) is 7.74. The Hall–Kier alpha value is -1.32. The molecule has 1 saturated heterocycles. The maximum absolute atomic E-state index is 5.42. The van der Waals surface area contributed by atoms with E-state index in [-0.39, 0.29) is 24.0 Å². The molecule has 2 heterocycles. The number of aliphatic imine (C=N–C) groups is 1. The van der Waals surface area contributed by atoms with E-state index < -0.39 is 0 Å². The normalized spacial score (nSPS) is 17.3. The molecule has 0 radical (unpaired) electrons. The second-order valence-corrected chi connectivity index (χ2v) is 8.79. The summed E-state index contributed by atoms with van der Waals surface area (Å²) < 4.78 is 5.42. The van der Waals surface area contributed by atoms with Crippen molar-refractivity contribution in [2.24, 2.45) is 10.9 Å². The van der Waals surface area contributed by atoms with Crippen LogP contribution in [0.2, 0.25) is 0 Å². The van der Waals surface area contributed by atoms with Gasteiger partial charge >= 0.3 is 0 Å². The molecule has 1 fully saturated rings. The maximum Gasteiger partial charge on any atom is 0.190 e. The highest BCUT2D eigenvalue weighted by molar-refractivity contribution is 14.0. The minimum atomic E-state index is 0. The molecule has 166 valence electrons. The highest BCUT2D eigenvalue weighted by atomic mass is 127. The van der Waals surface area contributed by atoms with E-state index in [9.17, 15) is 0 Å². The van der Waals surface area contributed by atoms with Crippen molar-refractivity contribution >= 4 is 41.3 Å². The Morgan fingerprint density at radius 3 is 2.90 bits per heavy atom. The van der Waals surface area contributed by atoms with Crippen molar-refractivity contribution in [3.05, 3.63) is 51.7 Å². The second kappa shape index (κ2) is 13.2. The molecule has 3 rings (SSSR count). The molecule has 0 spiro atoms. The molecule has 1 aromatic carbocycles. The molecule has 1 atom stereocenters. The van der Waals surface area contributed by atoms with Crippen molar-refractivity contribution in [2.45, 2.75) is 32.7 Å². The Bertz CT molecular complexity index is 782. The predicted molar refractivity (Wildman–Crippen MR) is 139 cm³/mol. The largest absolute Gasteiger partial charge is 0.496 e. The molecule has 1 aliphatic heterocycles. The summed E-state index contributed by atoms with van der Waals surface area (Å²) in [6, 6.07) is 10.8. The van der Waals surface area contributed by atoms with Crippen LogP contribution in [0.5, 0.6) is 5.75 Å². The Labute approximate surface area is 202 Å². The van der Waals surface area contributed by atoms with Gasteiger partial charge in [-0.15, -0.1) is 35.3 Å². The number of thiophene rings is 1. The smallest absolute Gasteiger partial charge is 0.190 e. The first kappa shape index (κ1) is 24.9. The highest BCUT2D eigenvalue weighted by Gasteiger charge is 2.20. The first-order valence-corrected chi connectivity index (χ1v) is 11.4. The Balaban J connectivity index is 0.00000320. The highest BCUT2D eigenvalue weighted by Crippen LogP contribution is 2.20. The van der Waals surface area contributed by atoms with Gasteiger partial charge in [0.2, 0.25) is 0 Å². The number of hydrogen-bond acceptors (Lipinski definition) is 4. The monoisotopic (exact) mass is 542 g/mol. The van der Waals surface area contributed by atoms with Crippen LogP contribution in [0.25, 0.3) is 0 Å².